The highest BCUT2D eigenvalue weighted by atomic mass is 32.1. The van der Waals surface area contributed by atoms with E-state index in [1.807, 2.05) is 12.3 Å². The van der Waals surface area contributed by atoms with Gasteiger partial charge in [0.15, 0.2) is 0 Å². The summed E-state index contributed by atoms with van der Waals surface area (Å²) in [6.45, 7) is 3.36. The van der Waals surface area contributed by atoms with Crippen molar-refractivity contribution in [3.8, 4) is 0 Å². The Balaban J connectivity index is 1.78. The summed E-state index contributed by atoms with van der Waals surface area (Å²) in [5.41, 5.74) is 0.947. The number of nitrogens with zero attached hydrogens (tertiary/aromatic N) is 3. The molecule has 2 aromatic heterocycles. The molecule has 0 saturated carbocycles. The Hall–Kier alpha value is -1.27. The molecule has 0 spiro atoms. The quantitative estimate of drug-likeness (QED) is 0.831. The minimum atomic E-state index is 0.623. The predicted molar refractivity (Wildman–Crippen MR) is 56.3 cm³/mol. The van der Waals surface area contributed by atoms with Gasteiger partial charge >= 0.3 is 0 Å². The fourth-order valence-electron chi connectivity index (χ4n) is 1.15. The third-order valence-electron chi connectivity index (χ3n) is 1.94. The summed E-state index contributed by atoms with van der Waals surface area (Å²) < 4.78 is 9.22. The minimum Gasteiger partial charge on any atom is -0.444 e. The molecule has 6 heteroatoms. The molecule has 1 N–H and O–H groups in total. The Morgan fingerprint density at radius 2 is 2.40 bits per heavy atom. The maximum absolute atomic E-state index is 5.45. The van der Waals surface area contributed by atoms with Crippen molar-refractivity contribution in [2.75, 3.05) is 0 Å². The van der Waals surface area contributed by atoms with E-state index < -0.39 is 0 Å². The number of hydrogen-bond acceptors (Lipinski definition) is 6. The fraction of sp³-hybridized carbons (Fsp3) is 0.444. The third kappa shape index (κ3) is 2.84. The predicted octanol–water partition coefficient (Wildman–Crippen LogP) is 1.38. The molecular weight excluding hydrogens is 212 g/mol. The van der Waals surface area contributed by atoms with E-state index in [2.05, 4.69) is 19.9 Å². The zero-order valence-electron chi connectivity index (χ0n) is 8.43. The first kappa shape index (κ1) is 10.3. The summed E-state index contributed by atoms with van der Waals surface area (Å²) in [5, 5.41) is 9.03. The van der Waals surface area contributed by atoms with Gasteiger partial charge in [-0.05, 0) is 11.5 Å². The van der Waals surface area contributed by atoms with Gasteiger partial charge in [0.1, 0.15) is 5.76 Å². The zero-order valence-corrected chi connectivity index (χ0v) is 9.25. The largest absolute Gasteiger partial charge is 0.444 e. The van der Waals surface area contributed by atoms with Gasteiger partial charge in [0.25, 0.3) is 0 Å². The number of nitrogens with one attached hydrogen (secondary N) is 1. The fourth-order valence-corrected chi connectivity index (χ4v) is 1.60. The summed E-state index contributed by atoms with van der Waals surface area (Å²) in [5.74, 6) is 1.64. The highest BCUT2D eigenvalue weighted by Gasteiger charge is 2.02. The Labute approximate surface area is 91.7 Å². The van der Waals surface area contributed by atoms with Crippen molar-refractivity contribution in [2.24, 2.45) is 0 Å². The van der Waals surface area contributed by atoms with E-state index in [-0.39, 0.29) is 0 Å². The molecular formula is C9H12N4OS. The summed E-state index contributed by atoms with van der Waals surface area (Å²) >= 11 is 1.35. The second-order valence-corrected chi connectivity index (χ2v) is 3.68. The number of aryl methyl sites for hydroxylation is 1. The topological polar surface area (TPSA) is 63.8 Å². The lowest BCUT2D eigenvalue weighted by Gasteiger charge is -1.97. The van der Waals surface area contributed by atoms with Crippen LogP contribution in [0.25, 0.3) is 0 Å². The first-order chi connectivity index (χ1) is 7.38. The lowest BCUT2D eigenvalue weighted by atomic mass is 10.4. The van der Waals surface area contributed by atoms with Crippen LogP contribution in [0.2, 0.25) is 0 Å². The van der Waals surface area contributed by atoms with Gasteiger partial charge in [-0.1, -0.05) is 11.4 Å². The minimum absolute atomic E-state index is 0.623. The second-order valence-electron chi connectivity index (χ2n) is 3.07. The number of aromatic nitrogens is 3. The lowest BCUT2D eigenvalue weighted by Crippen LogP contribution is -2.13. The van der Waals surface area contributed by atoms with Crippen LogP contribution in [0.1, 0.15) is 24.3 Å². The van der Waals surface area contributed by atoms with Crippen molar-refractivity contribution < 1.29 is 4.42 Å². The van der Waals surface area contributed by atoms with E-state index in [4.69, 9.17) is 4.42 Å². The summed E-state index contributed by atoms with van der Waals surface area (Å²) in [6, 6.07) is 0. The SMILES string of the molecule is CCc1cnc(CNCc2csnn2)o1. The second kappa shape index (κ2) is 4.99. The van der Waals surface area contributed by atoms with Crippen LogP contribution >= 0.6 is 11.5 Å². The molecule has 15 heavy (non-hydrogen) atoms. The molecule has 0 unspecified atom stereocenters. The molecule has 2 rings (SSSR count). The van der Waals surface area contributed by atoms with Gasteiger partial charge < -0.3 is 9.73 Å². The van der Waals surface area contributed by atoms with Gasteiger partial charge in [-0.2, -0.15) is 0 Å². The highest BCUT2D eigenvalue weighted by Crippen LogP contribution is 2.04. The molecule has 0 amide bonds. The van der Waals surface area contributed by atoms with Crippen LogP contribution in [0.3, 0.4) is 0 Å². The van der Waals surface area contributed by atoms with Gasteiger partial charge in [-0.25, -0.2) is 4.98 Å². The molecule has 0 aliphatic heterocycles. The van der Waals surface area contributed by atoms with Gasteiger partial charge in [0.2, 0.25) is 5.89 Å². The molecule has 80 valence electrons. The molecule has 0 fully saturated rings. The molecule has 0 aliphatic rings. The summed E-state index contributed by atoms with van der Waals surface area (Å²) in [7, 11) is 0. The molecule has 0 bridgehead atoms. The Morgan fingerprint density at radius 1 is 1.47 bits per heavy atom. The van der Waals surface area contributed by atoms with E-state index in [1.165, 1.54) is 11.5 Å². The molecule has 0 aromatic carbocycles. The number of oxazole rings is 1. The molecule has 0 aliphatic carbocycles. The van der Waals surface area contributed by atoms with Crippen LogP contribution in [-0.2, 0) is 19.5 Å². The summed E-state index contributed by atoms with van der Waals surface area (Å²) in [4.78, 5) is 4.14. The lowest BCUT2D eigenvalue weighted by molar-refractivity contribution is 0.438. The number of hydrogen-bond donors (Lipinski definition) is 1. The Morgan fingerprint density at radius 3 is 3.07 bits per heavy atom. The van der Waals surface area contributed by atoms with Crippen molar-refractivity contribution in [3.63, 3.8) is 0 Å². The van der Waals surface area contributed by atoms with Crippen molar-refractivity contribution in [2.45, 2.75) is 26.4 Å². The molecule has 0 radical (unpaired) electrons. The van der Waals surface area contributed by atoms with Crippen molar-refractivity contribution in [3.05, 3.63) is 28.9 Å². The van der Waals surface area contributed by atoms with Crippen molar-refractivity contribution in [1.29, 1.82) is 0 Å². The van der Waals surface area contributed by atoms with E-state index in [0.29, 0.717) is 13.1 Å². The van der Waals surface area contributed by atoms with Crippen LogP contribution < -0.4 is 5.32 Å². The van der Waals surface area contributed by atoms with E-state index in [9.17, 15) is 0 Å². The van der Waals surface area contributed by atoms with Crippen LogP contribution in [-0.4, -0.2) is 14.6 Å². The summed E-state index contributed by atoms with van der Waals surface area (Å²) in [6.07, 6.45) is 2.64. The molecule has 2 heterocycles. The van der Waals surface area contributed by atoms with E-state index >= 15 is 0 Å². The first-order valence-electron chi connectivity index (χ1n) is 4.78. The maximum atomic E-state index is 5.45. The standard InChI is InChI=1S/C9H12N4OS/c1-2-8-4-11-9(14-8)5-10-3-7-6-15-13-12-7/h4,6,10H,2-3,5H2,1H3. The molecule has 5 nitrogen and oxygen atoms in total. The first-order valence-corrected chi connectivity index (χ1v) is 5.62. The van der Waals surface area contributed by atoms with Crippen LogP contribution in [0.15, 0.2) is 16.0 Å². The van der Waals surface area contributed by atoms with Gasteiger partial charge in [0.05, 0.1) is 18.4 Å². The van der Waals surface area contributed by atoms with Gasteiger partial charge in [0, 0.05) is 18.3 Å². The van der Waals surface area contributed by atoms with E-state index in [1.54, 1.807) is 6.20 Å². The molecule has 2 aromatic rings. The van der Waals surface area contributed by atoms with Crippen molar-refractivity contribution >= 4 is 11.5 Å². The maximum Gasteiger partial charge on any atom is 0.208 e. The normalized spacial score (nSPS) is 10.7. The smallest absolute Gasteiger partial charge is 0.208 e. The van der Waals surface area contributed by atoms with Crippen LogP contribution in [0.5, 0.6) is 0 Å². The Bertz CT molecular complexity index is 398. The van der Waals surface area contributed by atoms with Gasteiger partial charge in [-0.15, -0.1) is 5.10 Å². The number of rotatable bonds is 5. The third-order valence-corrected chi connectivity index (χ3v) is 2.49. The zero-order chi connectivity index (χ0) is 10.5. The Kier molecular flexibility index (Phi) is 3.41. The van der Waals surface area contributed by atoms with Crippen LogP contribution in [0.4, 0.5) is 0 Å². The molecule has 0 saturated heterocycles. The average Bonchev–Trinajstić information content (AvgIpc) is 2.88. The monoisotopic (exact) mass is 224 g/mol. The molecule has 0 atom stereocenters. The van der Waals surface area contributed by atoms with Gasteiger partial charge in [-0.3, -0.25) is 0 Å². The highest BCUT2D eigenvalue weighted by molar-refractivity contribution is 7.03. The van der Waals surface area contributed by atoms with Crippen LogP contribution in [0, 0.1) is 0 Å². The van der Waals surface area contributed by atoms with E-state index in [0.717, 1.165) is 23.8 Å². The average molecular weight is 224 g/mol. The van der Waals surface area contributed by atoms with Crippen molar-refractivity contribution in [1.82, 2.24) is 19.9 Å².